The number of rotatable bonds is 4. The molecule has 21 heavy (non-hydrogen) atoms. The Kier molecular flexibility index (Phi) is 4.26. The SMILES string of the molecule is CCNc1nc2cc(OC)c(OC)cc2cc1C(C)(C)C. The number of benzene rings is 1. The molecule has 1 N–H and O–H groups in total. The first-order valence-electron chi connectivity index (χ1n) is 7.21. The zero-order valence-corrected chi connectivity index (χ0v) is 13.7. The second-order valence-electron chi connectivity index (χ2n) is 6.06. The molecule has 0 saturated carbocycles. The van der Waals surface area contributed by atoms with Gasteiger partial charge in [-0.05, 0) is 24.5 Å². The fraction of sp³-hybridized carbons (Fsp3) is 0.471. The van der Waals surface area contributed by atoms with Crippen LogP contribution in [0.4, 0.5) is 5.82 Å². The number of ether oxygens (including phenoxy) is 2. The van der Waals surface area contributed by atoms with E-state index in [9.17, 15) is 0 Å². The Labute approximate surface area is 126 Å². The third kappa shape index (κ3) is 3.04. The summed E-state index contributed by atoms with van der Waals surface area (Å²) in [6.07, 6.45) is 0. The fourth-order valence-corrected chi connectivity index (χ4v) is 2.37. The van der Waals surface area contributed by atoms with Gasteiger partial charge in [-0.15, -0.1) is 0 Å². The van der Waals surface area contributed by atoms with Crippen molar-refractivity contribution in [1.82, 2.24) is 4.98 Å². The van der Waals surface area contributed by atoms with E-state index in [1.807, 2.05) is 12.1 Å². The molecule has 0 bridgehead atoms. The normalized spacial score (nSPS) is 11.5. The standard InChI is InChI=1S/C17H24N2O2/c1-7-18-16-12(17(2,3)4)8-11-9-14(20-5)15(21-6)10-13(11)19-16/h8-10H,7H2,1-6H3,(H,18,19). The van der Waals surface area contributed by atoms with Gasteiger partial charge in [0.05, 0.1) is 19.7 Å². The molecular weight excluding hydrogens is 264 g/mol. The Morgan fingerprint density at radius 1 is 1.05 bits per heavy atom. The Bertz CT molecular complexity index is 645. The molecular formula is C17H24N2O2. The summed E-state index contributed by atoms with van der Waals surface area (Å²) in [5.41, 5.74) is 2.12. The highest BCUT2D eigenvalue weighted by Gasteiger charge is 2.20. The minimum Gasteiger partial charge on any atom is -0.493 e. The lowest BCUT2D eigenvalue weighted by Crippen LogP contribution is -2.16. The predicted octanol–water partition coefficient (Wildman–Crippen LogP) is 3.98. The average Bonchev–Trinajstić information content (AvgIpc) is 2.44. The highest BCUT2D eigenvalue weighted by molar-refractivity contribution is 5.85. The molecule has 0 aliphatic carbocycles. The van der Waals surface area contributed by atoms with Gasteiger partial charge in [0.1, 0.15) is 5.82 Å². The van der Waals surface area contributed by atoms with Gasteiger partial charge in [0, 0.05) is 23.6 Å². The third-order valence-electron chi connectivity index (χ3n) is 3.47. The van der Waals surface area contributed by atoms with Crippen molar-refractivity contribution in [3.63, 3.8) is 0 Å². The minimum atomic E-state index is 0.0197. The lowest BCUT2D eigenvalue weighted by atomic mass is 9.86. The monoisotopic (exact) mass is 288 g/mol. The molecule has 0 saturated heterocycles. The van der Waals surface area contributed by atoms with Crippen molar-refractivity contribution in [3.8, 4) is 11.5 Å². The molecule has 114 valence electrons. The van der Waals surface area contributed by atoms with Crippen LogP contribution in [0.25, 0.3) is 10.9 Å². The number of methoxy groups -OCH3 is 2. The molecule has 0 atom stereocenters. The smallest absolute Gasteiger partial charge is 0.162 e. The summed E-state index contributed by atoms with van der Waals surface area (Å²) in [7, 11) is 3.28. The second-order valence-corrected chi connectivity index (χ2v) is 6.06. The van der Waals surface area contributed by atoms with E-state index in [1.165, 1.54) is 5.56 Å². The number of nitrogens with one attached hydrogen (secondary N) is 1. The Morgan fingerprint density at radius 3 is 2.19 bits per heavy atom. The summed E-state index contributed by atoms with van der Waals surface area (Å²) < 4.78 is 10.7. The molecule has 0 aliphatic rings. The minimum absolute atomic E-state index is 0.0197. The van der Waals surface area contributed by atoms with Crippen molar-refractivity contribution in [3.05, 3.63) is 23.8 Å². The number of pyridine rings is 1. The molecule has 2 rings (SSSR count). The van der Waals surface area contributed by atoms with E-state index in [0.29, 0.717) is 5.75 Å². The van der Waals surface area contributed by atoms with Crippen LogP contribution in [0.2, 0.25) is 0 Å². The molecule has 0 radical (unpaired) electrons. The van der Waals surface area contributed by atoms with Gasteiger partial charge in [-0.25, -0.2) is 4.98 Å². The maximum absolute atomic E-state index is 5.38. The summed E-state index contributed by atoms with van der Waals surface area (Å²) >= 11 is 0. The molecule has 4 nitrogen and oxygen atoms in total. The molecule has 1 aromatic heterocycles. The van der Waals surface area contributed by atoms with Crippen LogP contribution in [0.5, 0.6) is 11.5 Å². The fourth-order valence-electron chi connectivity index (χ4n) is 2.37. The first-order chi connectivity index (χ1) is 9.90. The maximum atomic E-state index is 5.38. The predicted molar refractivity (Wildman–Crippen MR) is 87.7 cm³/mol. The molecule has 2 aromatic rings. The topological polar surface area (TPSA) is 43.4 Å². The van der Waals surface area contributed by atoms with E-state index in [4.69, 9.17) is 14.5 Å². The molecule has 0 fully saturated rings. The maximum Gasteiger partial charge on any atom is 0.162 e. The van der Waals surface area contributed by atoms with Gasteiger partial charge in [-0.2, -0.15) is 0 Å². The molecule has 0 spiro atoms. The number of aromatic nitrogens is 1. The first-order valence-corrected chi connectivity index (χ1v) is 7.21. The van der Waals surface area contributed by atoms with E-state index >= 15 is 0 Å². The summed E-state index contributed by atoms with van der Waals surface area (Å²) in [5.74, 6) is 2.36. The summed E-state index contributed by atoms with van der Waals surface area (Å²) in [4.78, 5) is 4.77. The van der Waals surface area contributed by atoms with Crippen molar-refractivity contribution in [2.45, 2.75) is 33.1 Å². The first kappa shape index (κ1) is 15.4. The summed E-state index contributed by atoms with van der Waals surface area (Å²) in [5, 5.41) is 4.41. The molecule has 0 unspecified atom stereocenters. The molecule has 1 heterocycles. The highest BCUT2D eigenvalue weighted by atomic mass is 16.5. The average molecular weight is 288 g/mol. The van der Waals surface area contributed by atoms with Crippen LogP contribution in [-0.2, 0) is 5.41 Å². The van der Waals surface area contributed by atoms with Gasteiger partial charge in [-0.1, -0.05) is 20.8 Å². The zero-order valence-electron chi connectivity index (χ0n) is 13.7. The van der Waals surface area contributed by atoms with Crippen molar-refractivity contribution in [2.24, 2.45) is 0 Å². The van der Waals surface area contributed by atoms with E-state index in [-0.39, 0.29) is 5.41 Å². The lowest BCUT2D eigenvalue weighted by molar-refractivity contribution is 0.356. The van der Waals surface area contributed by atoms with Crippen molar-refractivity contribution in [1.29, 1.82) is 0 Å². The van der Waals surface area contributed by atoms with E-state index in [1.54, 1.807) is 14.2 Å². The van der Waals surface area contributed by atoms with E-state index in [2.05, 4.69) is 39.1 Å². The molecule has 1 aromatic carbocycles. The van der Waals surface area contributed by atoms with Crippen molar-refractivity contribution in [2.75, 3.05) is 26.1 Å². The third-order valence-corrected chi connectivity index (χ3v) is 3.47. The van der Waals surface area contributed by atoms with Crippen LogP contribution in [0.1, 0.15) is 33.3 Å². The number of hydrogen-bond acceptors (Lipinski definition) is 4. The quantitative estimate of drug-likeness (QED) is 0.924. The Balaban J connectivity index is 2.71. The Hall–Kier alpha value is -1.97. The van der Waals surface area contributed by atoms with Crippen molar-refractivity contribution >= 4 is 16.7 Å². The Morgan fingerprint density at radius 2 is 1.67 bits per heavy atom. The van der Waals surface area contributed by atoms with E-state index < -0.39 is 0 Å². The van der Waals surface area contributed by atoms with Crippen LogP contribution in [0.15, 0.2) is 18.2 Å². The largest absolute Gasteiger partial charge is 0.493 e. The van der Waals surface area contributed by atoms with Gasteiger partial charge < -0.3 is 14.8 Å². The number of hydrogen-bond donors (Lipinski definition) is 1. The summed E-state index contributed by atoms with van der Waals surface area (Å²) in [6.45, 7) is 9.49. The molecule has 0 aliphatic heterocycles. The van der Waals surface area contributed by atoms with Gasteiger partial charge in [0.15, 0.2) is 11.5 Å². The number of fused-ring (bicyclic) bond motifs is 1. The van der Waals surface area contributed by atoms with Crippen molar-refractivity contribution < 1.29 is 9.47 Å². The highest BCUT2D eigenvalue weighted by Crippen LogP contribution is 2.36. The number of anilines is 1. The molecule has 0 amide bonds. The van der Waals surface area contributed by atoms with Gasteiger partial charge in [0.25, 0.3) is 0 Å². The lowest BCUT2D eigenvalue weighted by Gasteiger charge is -2.23. The van der Waals surface area contributed by atoms with Crippen LogP contribution in [-0.4, -0.2) is 25.7 Å². The van der Waals surface area contributed by atoms with Crippen LogP contribution in [0.3, 0.4) is 0 Å². The van der Waals surface area contributed by atoms with E-state index in [0.717, 1.165) is 29.0 Å². The number of nitrogens with zero attached hydrogens (tertiary/aromatic N) is 1. The second kappa shape index (κ2) is 5.80. The zero-order chi connectivity index (χ0) is 15.6. The summed E-state index contributed by atoms with van der Waals surface area (Å²) in [6, 6.07) is 6.08. The van der Waals surface area contributed by atoms with Crippen LogP contribution in [0, 0.1) is 0 Å². The molecule has 4 heteroatoms. The van der Waals surface area contributed by atoms with Gasteiger partial charge >= 0.3 is 0 Å². The van der Waals surface area contributed by atoms with Crippen LogP contribution < -0.4 is 14.8 Å². The van der Waals surface area contributed by atoms with Gasteiger partial charge in [-0.3, -0.25) is 0 Å². The van der Waals surface area contributed by atoms with Crippen LogP contribution >= 0.6 is 0 Å². The van der Waals surface area contributed by atoms with Gasteiger partial charge in [0.2, 0.25) is 0 Å².